The van der Waals surface area contributed by atoms with Crippen molar-refractivity contribution in [2.24, 2.45) is 0 Å². The molecular formula is C16H13N3O4S. The van der Waals surface area contributed by atoms with E-state index in [1.165, 1.54) is 12.1 Å². The van der Waals surface area contributed by atoms with E-state index >= 15 is 0 Å². The first kappa shape index (κ1) is 14.6. The fourth-order valence-corrected chi connectivity index (χ4v) is 2.80. The molecule has 0 fully saturated rings. The van der Waals surface area contributed by atoms with Crippen LogP contribution in [0.25, 0.3) is 11.4 Å². The number of nitrogens with zero attached hydrogens (tertiary/aromatic N) is 2. The van der Waals surface area contributed by atoms with Crippen LogP contribution in [-0.4, -0.2) is 31.8 Å². The molecule has 1 aromatic heterocycles. The first-order chi connectivity index (χ1) is 11.6. The summed E-state index contributed by atoms with van der Waals surface area (Å²) >= 11 is 5.30. The van der Waals surface area contributed by atoms with E-state index in [9.17, 15) is 10.2 Å². The number of H-pyrrole nitrogens is 1. The van der Waals surface area contributed by atoms with E-state index in [4.69, 9.17) is 21.7 Å². The highest BCUT2D eigenvalue weighted by atomic mass is 32.1. The first-order valence-corrected chi connectivity index (χ1v) is 7.59. The summed E-state index contributed by atoms with van der Waals surface area (Å²) in [5, 5.41) is 26.4. The molecule has 1 aliphatic rings. The number of benzene rings is 2. The molecule has 0 spiro atoms. The van der Waals surface area contributed by atoms with Crippen LogP contribution in [0.2, 0.25) is 0 Å². The van der Waals surface area contributed by atoms with Crippen molar-refractivity contribution >= 4 is 12.2 Å². The molecule has 0 amide bonds. The van der Waals surface area contributed by atoms with Crippen molar-refractivity contribution in [1.82, 2.24) is 14.8 Å². The Morgan fingerprint density at radius 2 is 1.96 bits per heavy atom. The second-order valence-corrected chi connectivity index (χ2v) is 5.71. The summed E-state index contributed by atoms with van der Waals surface area (Å²) in [5.74, 6) is 1.79. The van der Waals surface area contributed by atoms with Gasteiger partial charge in [0, 0.05) is 6.07 Å². The molecule has 0 radical (unpaired) electrons. The Hall–Kier alpha value is -3.00. The maximum atomic E-state index is 10.1. The molecule has 0 bridgehead atoms. The molecule has 24 heavy (non-hydrogen) atoms. The number of aromatic nitrogens is 3. The van der Waals surface area contributed by atoms with Gasteiger partial charge in [-0.3, -0.25) is 9.67 Å². The van der Waals surface area contributed by atoms with Crippen molar-refractivity contribution in [2.45, 2.75) is 6.54 Å². The lowest BCUT2D eigenvalue weighted by atomic mass is 10.1. The second kappa shape index (κ2) is 5.57. The van der Waals surface area contributed by atoms with E-state index in [2.05, 4.69) is 10.2 Å². The molecule has 0 atom stereocenters. The fourth-order valence-electron chi connectivity index (χ4n) is 2.60. The Morgan fingerprint density at radius 1 is 1.12 bits per heavy atom. The summed E-state index contributed by atoms with van der Waals surface area (Å²) in [6, 6.07) is 9.99. The van der Waals surface area contributed by atoms with Crippen molar-refractivity contribution in [3.05, 3.63) is 46.7 Å². The van der Waals surface area contributed by atoms with Crippen LogP contribution in [0.3, 0.4) is 0 Å². The molecule has 2 heterocycles. The number of rotatable bonds is 3. The molecule has 7 nitrogen and oxygen atoms in total. The van der Waals surface area contributed by atoms with E-state index in [-0.39, 0.29) is 18.3 Å². The lowest BCUT2D eigenvalue weighted by molar-refractivity contribution is 0.174. The largest absolute Gasteiger partial charge is 0.508 e. The summed E-state index contributed by atoms with van der Waals surface area (Å²) in [7, 11) is 0. The van der Waals surface area contributed by atoms with E-state index in [1.807, 2.05) is 18.2 Å². The van der Waals surface area contributed by atoms with Gasteiger partial charge in [0.2, 0.25) is 6.79 Å². The Balaban J connectivity index is 1.74. The van der Waals surface area contributed by atoms with Gasteiger partial charge in [-0.1, -0.05) is 6.07 Å². The summed E-state index contributed by atoms with van der Waals surface area (Å²) in [5.41, 5.74) is 1.43. The van der Waals surface area contributed by atoms with Crippen molar-refractivity contribution in [3.63, 3.8) is 0 Å². The number of phenols is 2. The van der Waals surface area contributed by atoms with E-state index in [0.717, 1.165) is 5.56 Å². The van der Waals surface area contributed by atoms with Crippen LogP contribution < -0.4 is 9.47 Å². The van der Waals surface area contributed by atoms with Crippen molar-refractivity contribution < 1.29 is 19.7 Å². The van der Waals surface area contributed by atoms with E-state index in [0.29, 0.717) is 34.2 Å². The zero-order chi connectivity index (χ0) is 16.7. The van der Waals surface area contributed by atoms with Gasteiger partial charge in [0.05, 0.1) is 12.1 Å². The van der Waals surface area contributed by atoms with Gasteiger partial charge in [-0.2, -0.15) is 5.10 Å². The van der Waals surface area contributed by atoms with Gasteiger partial charge < -0.3 is 19.7 Å². The molecule has 0 unspecified atom stereocenters. The van der Waals surface area contributed by atoms with Crippen LogP contribution in [0.1, 0.15) is 5.56 Å². The van der Waals surface area contributed by atoms with E-state index < -0.39 is 0 Å². The van der Waals surface area contributed by atoms with Gasteiger partial charge in [0.25, 0.3) is 0 Å². The molecule has 3 aromatic rings. The lowest BCUT2D eigenvalue weighted by Gasteiger charge is -2.09. The van der Waals surface area contributed by atoms with Gasteiger partial charge in [-0.05, 0) is 42.0 Å². The fraction of sp³-hybridized carbons (Fsp3) is 0.125. The van der Waals surface area contributed by atoms with Crippen molar-refractivity contribution in [1.29, 1.82) is 0 Å². The average Bonchev–Trinajstić information content (AvgIpc) is 3.15. The number of hydrogen-bond acceptors (Lipinski definition) is 6. The van der Waals surface area contributed by atoms with Crippen molar-refractivity contribution in [3.8, 4) is 34.4 Å². The van der Waals surface area contributed by atoms with Gasteiger partial charge in [0.15, 0.2) is 22.1 Å². The van der Waals surface area contributed by atoms with Crippen LogP contribution >= 0.6 is 12.2 Å². The van der Waals surface area contributed by atoms with Gasteiger partial charge in [0.1, 0.15) is 11.5 Å². The predicted octanol–water partition coefficient (Wildman–Crippen LogP) is 2.80. The van der Waals surface area contributed by atoms with Crippen LogP contribution in [-0.2, 0) is 6.54 Å². The van der Waals surface area contributed by atoms with Crippen LogP contribution in [0.15, 0.2) is 36.4 Å². The molecule has 0 saturated heterocycles. The Labute approximate surface area is 141 Å². The predicted molar refractivity (Wildman–Crippen MR) is 87.8 cm³/mol. The minimum absolute atomic E-state index is 0.0206. The third-order valence-corrected chi connectivity index (χ3v) is 4.07. The normalized spacial score (nSPS) is 12.5. The second-order valence-electron chi connectivity index (χ2n) is 5.33. The minimum Gasteiger partial charge on any atom is -0.508 e. The summed E-state index contributed by atoms with van der Waals surface area (Å²) < 4.78 is 12.9. The molecule has 4 rings (SSSR count). The standard InChI is InChI=1S/C16H13N3O4S/c20-10-2-3-11(12(21)6-10)15-17-18-16(24)19(15)7-9-1-4-13-14(5-9)23-8-22-13/h1-6,20-21H,7-8H2,(H,18,24). The molecule has 0 saturated carbocycles. The first-order valence-electron chi connectivity index (χ1n) is 7.18. The van der Waals surface area contributed by atoms with Crippen molar-refractivity contribution in [2.75, 3.05) is 6.79 Å². The SMILES string of the molecule is Oc1ccc(-c2n[nH]c(=S)n2Cc2ccc3c(c2)OCO3)c(O)c1. The Morgan fingerprint density at radius 3 is 2.79 bits per heavy atom. The lowest BCUT2D eigenvalue weighted by Crippen LogP contribution is -2.02. The number of aromatic hydroxyl groups is 2. The zero-order valence-electron chi connectivity index (χ0n) is 12.4. The highest BCUT2D eigenvalue weighted by Crippen LogP contribution is 2.34. The highest BCUT2D eigenvalue weighted by molar-refractivity contribution is 7.71. The molecule has 3 N–H and O–H groups in total. The number of phenolic OH excluding ortho intramolecular Hbond substituents is 2. The number of ether oxygens (including phenoxy) is 2. The van der Waals surface area contributed by atoms with Gasteiger partial charge in [-0.15, -0.1) is 0 Å². The van der Waals surface area contributed by atoms with Gasteiger partial charge >= 0.3 is 0 Å². The smallest absolute Gasteiger partial charge is 0.231 e. The quantitative estimate of drug-likeness (QED) is 0.633. The van der Waals surface area contributed by atoms with Crippen LogP contribution in [0, 0.1) is 4.77 Å². The summed E-state index contributed by atoms with van der Waals surface area (Å²) in [6.07, 6.45) is 0. The summed E-state index contributed by atoms with van der Waals surface area (Å²) in [4.78, 5) is 0. The third kappa shape index (κ3) is 2.46. The maximum absolute atomic E-state index is 10.1. The number of fused-ring (bicyclic) bond motifs is 1. The Bertz CT molecular complexity index is 980. The van der Waals surface area contributed by atoms with Crippen LogP contribution in [0.4, 0.5) is 0 Å². The highest BCUT2D eigenvalue weighted by Gasteiger charge is 2.16. The number of aromatic amines is 1. The maximum Gasteiger partial charge on any atom is 0.231 e. The third-order valence-electron chi connectivity index (χ3n) is 3.76. The van der Waals surface area contributed by atoms with E-state index in [1.54, 1.807) is 10.6 Å². The summed E-state index contributed by atoms with van der Waals surface area (Å²) in [6.45, 7) is 0.665. The topological polar surface area (TPSA) is 92.5 Å². The molecule has 2 aromatic carbocycles. The number of hydrogen-bond donors (Lipinski definition) is 3. The molecule has 0 aliphatic carbocycles. The average molecular weight is 343 g/mol. The monoisotopic (exact) mass is 343 g/mol. The molecular weight excluding hydrogens is 330 g/mol. The molecule has 8 heteroatoms. The Kier molecular flexibility index (Phi) is 3.39. The minimum atomic E-state index is -0.0732. The molecule has 1 aliphatic heterocycles. The number of nitrogens with one attached hydrogen (secondary N) is 1. The molecule has 122 valence electrons. The van der Waals surface area contributed by atoms with Crippen LogP contribution in [0.5, 0.6) is 23.0 Å². The van der Waals surface area contributed by atoms with Gasteiger partial charge in [-0.25, -0.2) is 0 Å². The zero-order valence-corrected chi connectivity index (χ0v) is 13.2.